The number of carbonyl (C=O) groups excluding carboxylic acids is 1. The Labute approximate surface area is 146 Å². The van der Waals surface area contributed by atoms with Crippen LogP contribution in [-0.4, -0.2) is 37.1 Å². The first-order chi connectivity index (χ1) is 11.8. The van der Waals surface area contributed by atoms with Gasteiger partial charge in [0.15, 0.2) is 5.82 Å². The highest BCUT2D eigenvalue weighted by Crippen LogP contribution is 2.38. The molecule has 7 nitrogen and oxygen atoms in total. The number of pyridine rings is 1. The first kappa shape index (κ1) is 16.1. The molecule has 1 aliphatic heterocycles. The molecule has 1 amide bonds. The van der Waals surface area contributed by atoms with E-state index < -0.39 is 0 Å². The standard InChI is InChI=1S/C18H23N5O2/c1-18(2,3)17-21-20-14-10-22(8-9-23(14)17)16(25)12-6-7-13(11-4-5-11)19-15(12)24/h6-7,11H,4-5,8-10H2,1-3H3,(H,19,24). The lowest BCUT2D eigenvalue weighted by molar-refractivity contribution is 0.0703. The summed E-state index contributed by atoms with van der Waals surface area (Å²) in [6, 6.07) is 3.53. The summed E-state index contributed by atoms with van der Waals surface area (Å²) < 4.78 is 2.09. The molecular formula is C18H23N5O2. The molecule has 4 rings (SSSR count). The maximum Gasteiger partial charge on any atom is 0.261 e. The minimum absolute atomic E-state index is 0.0901. The van der Waals surface area contributed by atoms with Crippen LogP contribution in [0.15, 0.2) is 16.9 Å². The van der Waals surface area contributed by atoms with Gasteiger partial charge in [0, 0.05) is 24.2 Å². The van der Waals surface area contributed by atoms with Crippen LogP contribution in [0.4, 0.5) is 0 Å². The quantitative estimate of drug-likeness (QED) is 0.903. The van der Waals surface area contributed by atoms with Gasteiger partial charge < -0.3 is 14.5 Å². The highest BCUT2D eigenvalue weighted by atomic mass is 16.2. The molecule has 2 aliphatic rings. The largest absolute Gasteiger partial charge is 0.329 e. The van der Waals surface area contributed by atoms with Crippen LogP contribution in [-0.2, 0) is 18.5 Å². The first-order valence-corrected chi connectivity index (χ1v) is 8.79. The third-order valence-corrected chi connectivity index (χ3v) is 4.89. The van der Waals surface area contributed by atoms with Crippen molar-refractivity contribution in [3.05, 3.63) is 45.4 Å². The van der Waals surface area contributed by atoms with Gasteiger partial charge in [-0.3, -0.25) is 9.59 Å². The molecular weight excluding hydrogens is 318 g/mol. The molecule has 0 radical (unpaired) electrons. The van der Waals surface area contributed by atoms with Gasteiger partial charge in [-0.05, 0) is 30.9 Å². The number of hydrogen-bond acceptors (Lipinski definition) is 4. The third kappa shape index (κ3) is 2.88. The number of H-pyrrole nitrogens is 1. The van der Waals surface area contributed by atoms with Crippen molar-refractivity contribution >= 4 is 5.91 Å². The van der Waals surface area contributed by atoms with Crippen LogP contribution in [0.1, 0.15) is 67.2 Å². The minimum atomic E-state index is -0.295. The number of nitrogens with one attached hydrogen (secondary N) is 1. The molecule has 1 fully saturated rings. The second kappa shape index (κ2) is 5.54. The van der Waals surface area contributed by atoms with Crippen LogP contribution >= 0.6 is 0 Å². The summed E-state index contributed by atoms with van der Waals surface area (Å²) in [5, 5.41) is 8.55. The van der Waals surface area contributed by atoms with E-state index in [1.165, 1.54) is 0 Å². The average molecular weight is 341 g/mol. The molecule has 2 aromatic rings. The van der Waals surface area contributed by atoms with Crippen LogP contribution < -0.4 is 5.56 Å². The summed E-state index contributed by atoms with van der Waals surface area (Å²) in [6.07, 6.45) is 2.22. The van der Waals surface area contributed by atoms with Gasteiger partial charge in [0.25, 0.3) is 11.5 Å². The summed E-state index contributed by atoms with van der Waals surface area (Å²) in [5.74, 6) is 1.92. The van der Waals surface area contributed by atoms with Gasteiger partial charge in [-0.25, -0.2) is 0 Å². The normalized spacial score (nSPS) is 17.5. The third-order valence-electron chi connectivity index (χ3n) is 4.89. The number of aromatic nitrogens is 4. The number of rotatable bonds is 2. The molecule has 132 valence electrons. The molecule has 0 atom stereocenters. The predicted molar refractivity (Wildman–Crippen MR) is 92.5 cm³/mol. The number of nitrogens with zero attached hydrogens (tertiary/aromatic N) is 4. The Balaban J connectivity index is 1.56. The van der Waals surface area contributed by atoms with E-state index >= 15 is 0 Å². The maximum absolute atomic E-state index is 12.8. The van der Waals surface area contributed by atoms with Crippen molar-refractivity contribution in [2.45, 2.75) is 58.0 Å². The molecule has 3 heterocycles. The Morgan fingerprint density at radius 1 is 1.20 bits per heavy atom. The lowest BCUT2D eigenvalue weighted by Crippen LogP contribution is -2.41. The fraction of sp³-hybridized carbons (Fsp3) is 0.556. The van der Waals surface area contributed by atoms with Crippen LogP contribution in [0.5, 0.6) is 0 Å². The zero-order valence-electron chi connectivity index (χ0n) is 14.9. The molecule has 7 heteroatoms. The molecule has 1 N–H and O–H groups in total. The highest BCUT2D eigenvalue weighted by Gasteiger charge is 2.31. The van der Waals surface area contributed by atoms with E-state index in [0.29, 0.717) is 25.6 Å². The molecule has 1 saturated carbocycles. The van der Waals surface area contributed by atoms with Crippen molar-refractivity contribution < 1.29 is 4.79 Å². The van der Waals surface area contributed by atoms with Gasteiger partial charge >= 0.3 is 0 Å². The SMILES string of the molecule is CC(C)(C)c1nnc2n1CCN(C(=O)c1ccc(C3CC3)[nH]c1=O)C2. The van der Waals surface area contributed by atoms with E-state index in [4.69, 9.17) is 0 Å². The highest BCUT2D eigenvalue weighted by molar-refractivity contribution is 5.93. The van der Waals surface area contributed by atoms with Gasteiger partial charge in [0.05, 0.1) is 6.54 Å². The predicted octanol–water partition coefficient (Wildman–Crippen LogP) is 1.80. The summed E-state index contributed by atoms with van der Waals surface area (Å²) in [4.78, 5) is 29.6. The minimum Gasteiger partial charge on any atom is -0.329 e. The van der Waals surface area contributed by atoms with Crippen LogP contribution in [0, 0.1) is 0 Å². The van der Waals surface area contributed by atoms with Crippen LogP contribution in [0.25, 0.3) is 0 Å². The second-order valence-corrected chi connectivity index (χ2v) is 8.00. The van der Waals surface area contributed by atoms with Gasteiger partial charge in [0.1, 0.15) is 11.4 Å². The summed E-state index contributed by atoms with van der Waals surface area (Å²) in [6.45, 7) is 7.88. The van der Waals surface area contributed by atoms with Crippen LogP contribution in [0.2, 0.25) is 0 Å². The van der Waals surface area contributed by atoms with Gasteiger partial charge in [-0.1, -0.05) is 20.8 Å². The Hall–Kier alpha value is -2.44. The summed E-state index contributed by atoms with van der Waals surface area (Å²) in [7, 11) is 0. The van der Waals surface area contributed by atoms with E-state index in [2.05, 4.69) is 40.5 Å². The first-order valence-electron chi connectivity index (χ1n) is 8.79. The lowest BCUT2D eigenvalue weighted by Gasteiger charge is -2.29. The van der Waals surface area contributed by atoms with E-state index in [9.17, 15) is 9.59 Å². The van der Waals surface area contributed by atoms with E-state index in [1.54, 1.807) is 11.0 Å². The fourth-order valence-corrected chi connectivity index (χ4v) is 3.35. The van der Waals surface area contributed by atoms with Gasteiger partial charge in [-0.2, -0.15) is 0 Å². The number of fused-ring (bicyclic) bond motifs is 1. The number of aromatic amines is 1. The van der Waals surface area contributed by atoms with Gasteiger partial charge in [0.2, 0.25) is 0 Å². The van der Waals surface area contributed by atoms with Crippen molar-refractivity contribution in [3.8, 4) is 0 Å². The fourth-order valence-electron chi connectivity index (χ4n) is 3.35. The second-order valence-electron chi connectivity index (χ2n) is 8.00. The van der Waals surface area contributed by atoms with E-state index in [-0.39, 0.29) is 22.4 Å². The monoisotopic (exact) mass is 341 g/mol. The molecule has 2 aromatic heterocycles. The van der Waals surface area contributed by atoms with Crippen molar-refractivity contribution in [1.82, 2.24) is 24.6 Å². The number of carbonyl (C=O) groups is 1. The zero-order chi connectivity index (χ0) is 17.8. The Morgan fingerprint density at radius 2 is 1.96 bits per heavy atom. The number of hydrogen-bond donors (Lipinski definition) is 1. The lowest BCUT2D eigenvalue weighted by atomic mass is 9.95. The smallest absolute Gasteiger partial charge is 0.261 e. The molecule has 0 aromatic carbocycles. The molecule has 0 spiro atoms. The molecule has 0 bridgehead atoms. The molecule has 0 unspecified atom stereocenters. The summed E-state index contributed by atoms with van der Waals surface area (Å²) in [5.41, 5.74) is 0.757. The van der Waals surface area contributed by atoms with Crippen molar-refractivity contribution in [3.63, 3.8) is 0 Å². The average Bonchev–Trinajstić information content (AvgIpc) is 3.31. The van der Waals surface area contributed by atoms with Crippen molar-refractivity contribution in [1.29, 1.82) is 0 Å². The van der Waals surface area contributed by atoms with Crippen molar-refractivity contribution in [2.24, 2.45) is 0 Å². The molecule has 25 heavy (non-hydrogen) atoms. The molecule has 0 saturated heterocycles. The topological polar surface area (TPSA) is 83.9 Å². The Bertz CT molecular complexity index is 886. The van der Waals surface area contributed by atoms with E-state index in [0.717, 1.165) is 30.2 Å². The van der Waals surface area contributed by atoms with Crippen LogP contribution in [0.3, 0.4) is 0 Å². The molecule has 1 aliphatic carbocycles. The maximum atomic E-state index is 12.8. The number of amides is 1. The zero-order valence-corrected chi connectivity index (χ0v) is 14.9. The van der Waals surface area contributed by atoms with E-state index in [1.807, 2.05) is 6.07 Å². The Morgan fingerprint density at radius 3 is 2.60 bits per heavy atom. The Kier molecular flexibility index (Phi) is 3.56. The van der Waals surface area contributed by atoms with Gasteiger partial charge in [-0.15, -0.1) is 10.2 Å². The van der Waals surface area contributed by atoms with Crippen molar-refractivity contribution in [2.75, 3.05) is 6.54 Å². The summed E-state index contributed by atoms with van der Waals surface area (Å²) >= 11 is 0.